The van der Waals surface area contributed by atoms with Crippen molar-refractivity contribution >= 4 is 47.5 Å². The lowest BCUT2D eigenvalue weighted by molar-refractivity contribution is -0.136. The highest BCUT2D eigenvalue weighted by Crippen LogP contribution is 2.44. The average Bonchev–Trinajstić information content (AvgIpc) is 3.91. The summed E-state index contributed by atoms with van der Waals surface area (Å²) in [5.74, 6) is -1.18. The molecular formula is C41H39F2N9O6. The number of nitrogens with zero attached hydrogens (tertiary/aromatic N) is 8. The molecule has 0 spiro atoms. The van der Waals surface area contributed by atoms with Crippen LogP contribution < -0.4 is 15.1 Å². The van der Waals surface area contributed by atoms with Crippen LogP contribution in [-0.4, -0.2) is 91.9 Å². The van der Waals surface area contributed by atoms with E-state index in [9.17, 15) is 32.8 Å². The number of piperidine rings is 1. The highest BCUT2D eigenvalue weighted by Gasteiger charge is 2.45. The van der Waals surface area contributed by atoms with Gasteiger partial charge < -0.3 is 19.4 Å². The second kappa shape index (κ2) is 14.1. The molecule has 1 unspecified atom stereocenters. The smallest absolute Gasteiger partial charge is 0.264 e. The third kappa shape index (κ3) is 5.93. The first-order valence-corrected chi connectivity index (χ1v) is 19.7. The molecule has 298 valence electrons. The van der Waals surface area contributed by atoms with Gasteiger partial charge >= 0.3 is 0 Å². The summed E-state index contributed by atoms with van der Waals surface area (Å²) in [6, 6.07) is 5.85. The number of hydrogen-bond acceptors (Lipinski definition) is 11. The van der Waals surface area contributed by atoms with E-state index in [4.69, 9.17) is 9.84 Å². The lowest BCUT2D eigenvalue weighted by Gasteiger charge is -2.33. The molecule has 1 N–H and O–H groups in total. The Morgan fingerprint density at radius 2 is 1.53 bits per heavy atom. The molecule has 5 amide bonds. The first kappa shape index (κ1) is 36.3. The minimum atomic E-state index is -2.78. The van der Waals surface area contributed by atoms with E-state index in [1.807, 2.05) is 15.9 Å². The third-order valence-corrected chi connectivity index (χ3v) is 12.4. The molecule has 0 radical (unpaired) electrons. The number of imide groups is 2. The molecule has 15 nitrogen and oxygen atoms in total. The maximum absolute atomic E-state index is 15.0. The summed E-state index contributed by atoms with van der Waals surface area (Å²) in [5, 5.41) is 7.36. The molecular weight excluding hydrogens is 753 g/mol. The molecule has 17 heteroatoms. The van der Waals surface area contributed by atoms with Gasteiger partial charge in [0.15, 0.2) is 5.82 Å². The number of carbonyl (C=O) groups is 5. The fourth-order valence-electron chi connectivity index (χ4n) is 9.42. The van der Waals surface area contributed by atoms with Crippen LogP contribution in [0.1, 0.15) is 98.8 Å². The van der Waals surface area contributed by atoms with E-state index >= 15 is 0 Å². The van der Waals surface area contributed by atoms with Gasteiger partial charge in [0.1, 0.15) is 6.04 Å². The number of anilines is 3. The summed E-state index contributed by atoms with van der Waals surface area (Å²) in [4.78, 5) is 78.5. The lowest BCUT2D eigenvalue weighted by Crippen LogP contribution is -2.54. The van der Waals surface area contributed by atoms with Gasteiger partial charge in [0.2, 0.25) is 24.2 Å². The van der Waals surface area contributed by atoms with Crippen LogP contribution in [0.3, 0.4) is 0 Å². The summed E-state index contributed by atoms with van der Waals surface area (Å²) < 4.78 is 37.7. The number of alkyl halides is 2. The van der Waals surface area contributed by atoms with Crippen LogP contribution in [0, 0.1) is 0 Å². The predicted molar refractivity (Wildman–Crippen MR) is 202 cm³/mol. The topological polar surface area (TPSA) is 163 Å². The van der Waals surface area contributed by atoms with Gasteiger partial charge in [0, 0.05) is 92.7 Å². The monoisotopic (exact) mass is 791 g/mol. The Hall–Kier alpha value is -6.10. The van der Waals surface area contributed by atoms with Gasteiger partial charge in [-0.15, -0.1) is 0 Å². The van der Waals surface area contributed by atoms with Gasteiger partial charge in [-0.3, -0.25) is 38.9 Å². The van der Waals surface area contributed by atoms with Crippen molar-refractivity contribution in [3.63, 3.8) is 0 Å². The number of halogens is 2. The molecule has 1 atom stereocenters. The van der Waals surface area contributed by atoms with Gasteiger partial charge in [0.25, 0.3) is 18.2 Å². The van der Waals surface area contributed by atoms with E-state index in [2.05, 4.69) is 20.0 Å². The van der Waals surface area contributed by atoms with Crippen LogP contribution in [-0.2, 0) is 51.6 Å². The first-order chi connectivity index (χ1) is 28.2. The standard InChI is InChI=1S/C41H39F2N9O6/c42-36(43)28-15-34-22(2-1-8-50(34)37-31-20-48(21-53)9-5-32(31)52(47-37)26-6-10-58-11-7-26)12-27(28)25-16-44-41(45-17-25)49-18-23-13-29-30(14-24(23)19-49)40(57)51(39(29)56)33-3-4-35(54)46-38(33)55/h12-17,21,26,33,36H,1-11,18-20H2,(H,46,54,55). The van der Waals surface area contributed by atoms with E-state index < -0.39 is 36.1 Å². The quantitative estimate of drug-likeness (QED) is 0.211. The zero-order valence-electron chi connectivity index (χ0n) is 31.5. The van der Waals surface area contributed by atoms with Crippen molar-refractivity contribution in [2.75, 3.05) is 36.1 Å². The maximum atomic E-state index is 15.0. The number of benzene rings is 2. The summed E-state index contributed by atoms with van der Waals surface area (Å²) in [6.07, 6.45) is 5.11. The number of amides is 5. The summed E-state index contributed by atoms with van der Waals surface area (Å²) >= 11 is 0. The number of aromatic nitrogens is 4. The van der Waals surface area contributed by atoms with Gasteiger partial charge in [-0.1, -0.05) is 0 Å². The molecule has 8 heterocycles. The minimum absolute atomic E-state index is 0.0393. The fourth-order valence-corrected chi connectivity index (χ4v) is 9.42. The van der Waals surface area contributed by atoms with Crippen LogP contribution in [0.25, 0.3) is 11.1 Å². The normalized spacial score (nSPS) is 20.7. The Kier molecular flexibility index (Phi) is 8.80. The maximum Gasteiger partial charge on any atom is 0.264 e. The van der Waals surface area contributed by atoms with Gasteiger partial charge in [-0.2, -0.15) is 5.10 Å². The molecule has 6 aliphatic heterocycles. The average molecular weight is 792 g/mol. The summed E-state index contributed by atoms with van der Waals surface area (Å²) in [6.45, 7) is 3.61. The molecule has 0 saturated carbocycles. The molecule has 2 aromatic carbocycles. The summed E-state index contributed by atoms with van der Waals surface area (Å²) in [7, 11) is 0. The van der Waals surface area contributed by atoms with Crippen molar-refractivity contribution in [1.29, 1.82) is 0 Å². The Bertz CT molecular complexity index is 2370. The third-order valence-electron chi connectivity index (χ3n) is 12.4. The number of ether oxygens (including phenoxy) is 1. The Morgan fingerprint density at radius 3 is 2.21 bits per heavy atom. The number of fused-ring (bicyclic) bond motifs is 4. The van der Waals surface area contributed by atoms with Crippen LogP contribution in [0.5, 0.6) is 0 Å². The number of hydrogen-bond donors (Lipinski definition) is 1. The van der Waals surface area contributed by atoms with Crippen LogP contribution in [0.4, 0.5) is 26.2 Å². The Morgan fingerprint density at radius 1 is 0.828 bits per heavy atom. The van der Waals surface area contributed by atoms with Crippen LogP contribution >= 0.6 is 0 Å². The number of carbonyl (C=O) groups excluding carboxylic acids is 5. The summed E-state index contributed by atoms with van der Waals surface area (Å²) in [5.41, 5.74) is 6.32. The fraction of sp³-hybridized carbons (Fsp3) is 0.415. The van der Waals surface area contributed by atoms with E-state index in [1.165, 1.54) is 0 Å². The molecule has 0 aliphatic carbocycles. The largest absolute Gasteiger partial charge is 0.381 e. The highest BCUT2D eigenvalue weighted by molar-refractivity contribution is 6.23. The second-order valence-corrected chi connectivity index (χ2v) is 15.7. The van der Waals surface area contributed by atoms with Crippen molar-refractivity contribution in [2.24, 2.45) is 0 Å². The van der Waals surface area contributed by atoms with E-state index in [-0.39, 0.29) is 35.6 Å². The zero-order chi connectivity index (χ0) is 39.8. The molecule has 0 bridgehead atoms. The zero-order valence-corrected chi connectivity index (χ0v) is 31.5. The highest BCUT2D eigenvalue weighted by atomic mass is 19.3. The SMILES string of the molecule is O=CN1CCc2c(c(N3CCCc4cc(-c5cnc(N6Cc7cc8c(cc7C6)C(=O)N(C6CCC(=O)NC6=O)C8=O)nc5)c(C(F)F)cc43)nn2C2CCOCC2)C1. The van der Waals surface area contributed by atoms with Gasteiger partial charge in [0.05, 0.1) is 23.7 Å². The van der Waals surface area contributed by atoms with Crippen LogP contribution in [0.2, 0.25) is 0 Å². The number of aryl methyl sites for hydroxylation is 1. The molecule has 4 aromatic rings. The van der Waals surface area contributed by atoms with Crippen molar-refractivity contribution in [3.05, 3.63) is 81.3 Å². The Labute approximate surface area is 330 Å². The van der Waals surface area contributed by atoms with E-state index in [1.54, 1.807) is 35.5 Å². The van der Waals surface area contributed by atoms with Crippen molar-refractivity contribution < 1.29 is 37.5 Å². The van der Waals surface area contributed by atoms with Crippen molar-refractivity contribution in [1.82, 2.24) is 34.9 Å². The van der Waals surface area contributed by atoms with E-state index in [0.29, 0.717) is 87.4 Å². The first-order valence-electron chi connectivity index (χ1n) is 19.7. The minimum Gasteiger partial charge on any atom is -0.381 e. The van der Waals surface area contributed by atoms with Crippen LogP contribution in [0.15, 0.2) is 36.7 Å². The van der Waals surface area contributed by atoms with Crippen molar-refractivity contribution in [2.45, 2.75) is 83.1 Å². The number of nitrogens with one attached hydrogen (secondary N) is 1. The number of rotatable bonds is 7. The molecule has 2 aromatic heterocycles. The van der Waals surface area contributed by atoms with Crippen molar-refractivity contribution in [3.8, 4) is 11.1 Å². The van der Waals surface area contributed by atoms with Gasteiger partial charge in [-0.05, 0) is 78.6 Å². The Balaban J connectivity index is 0.913. The molecule has 6 aliphatic rings. The predicted octanol–water partition coefficient (Wildman–Crippen LogP) is 4.15. The lowest BCUT2D eigenvalue weighted by atomic mass is 9.92. The molecule has 2 fully saturated rings. The van der Waals surface area contributed by atoms with E-state index in [0.717, 1.165) is 58.5 Å². The van der Waals surface area contributed by atoms with Gasteiger partial charge in [-0.25, -0.2) is 18.7 Å². The molecule has 2 saturated heterocycles. The molecule has 58 heavy (non-hydrogen) atoms. The second-order valence-electron chi connectivity index (χ2n) is 15.7. The molecule has 10 rings (SSSR count).